The van der Waals surface area contributed by atoms with Crippen LogP contribution < -0.4 is 10.0 Å². The van der Waals surface area contributed by atoms with Gasteiger partial charge in [0.1, 0.15) is 0 Å². The van der Waals surface area contributed by atoms with Crippen molar-refractivity contribution >= 4 is 31.6 Å². The number of nitrogens with one attached hydrogen (secondary N) is 2. The Hall–Kier alpha value is -3.05. The molecule has 10 heteroatoms. The molecular weight excluding hydrogens is 486 g/mol. The van der Waals surface area contributed by atoms with E-state index in [1.54, 1.807) is 25.1 Å². The number of rotatable bonds is 9. The van der Waals surface area contributed by atoms with E-state index in [1.165, 1.54) is 31.3 Å². The molecule has 3 aromatic rings. The van der Waals surface area contributed by atoms with E-state index >= 15 is 0 Å². The fourth-order valence-electron chi connectivity index (χ4n) is 3.35. The van der Waals surface area contributed by atoms with Gasteiger partial charge in [-0.3, -0.25) is 4.79 Å². The molecule has 0 fully saturated rings. The minimum atomic E-state index is -3.99. The summed E-state index contributed by atoms with van der Waals surface area (Å²) in [6, 6.07) is 18.2. The summed E-state index contributed by atoms with van der Waals surface area (Å²) >= 11 is 0. The van der Waals surface area contributed by atoms with Gasteiger partial charge in [0.05, 0.1) is 16.3 Å². The molecule has 0 aromatic heterocycles. The molecule has 1 amide bonds. The van der Waals surface area contributed by atoms with Gasteiger partial charge in [-0.05, 0) is 63.2 Å². The maximum absolute atomic E-state index is 13.5. The zero-order chi connectivity index (χ0) is 25.8. The highest BCUT2D eigenvalue weighted by Crippen LogP contribution is 2.22. The highest BCUT2D eigenvalue weighted by atomic mass is 32.2. The standard InChI is InChI=1S/C25H29N3O5S2/c1-18-5-10-21(11-6-18)16-28(35(32,33)22-12-7-19(2)8-13-22)17-25(29)27-24-15-23(14-9-20(24)3)34(30,31)26-4/h5-15,26H,16-17H2,1-4H3,(H,27,29). The van der Waals surface area contributed by atoms with Crippen molar-refractivity contribution in [1.29, 1.82) is 0 Å². The molecule has 0 saturated carbocycles. The van der Waals surface area contributed by atoms with Gasteiger partial charge in [0.2, 0.25) is 26.0 Å². The zero-order valence-electron chi connectivity index (χ0n) is 20.1. The molecule has 35 heavy (non-hydrogen) atoms. The Balaban J connectivity index is 1.91. The number of amides is 1. The third-order valence-corrected chi connectivity index (χ3v) is 8.74. The first-order valence-corrected chi connectivity index (χ1v) is 13.8. The van der Waals surface area contributed by atoms with Gasteiger partial charge in [0, 0.05) is 12.2 Å². The van der Waals surface area contributed by atoms with Crippen molar-refractivity contribution in [2.45, 2.75) is 37.1 Å². The van der Waals surface area contributed by atoms with Crippen LogP contribution in [-0.2, 0) is 31.4 Å². The topological polar surface area (TPSA) is 113 Å². The summed E-state index contributed by atoms with van der Waals surface area (Å²) in [5.74, 6) is -0.588. The number of carbonyl (C=O) groups excluding carboxylic acids is 1. The van der Waals surface area contributed by atoms with Crippen LogP contribution in [0.15, 0.2) is 76.5 Å². The fraction of sp³-hybridized carbons (Fsp3) is 0.240. The summed E-state index contributed by atoms with van der Waals surface area (Å²) in [7, 11) is -6.41. The van der Waals surface area contributed by atoms with E-state index in [0.717, 1.165) is 21.0 Å². The Morgan fingerprint density at radius 2 is 1.34 bits per heavy atom. The minimum Gasteiger partial charge on any atom is -0.325 e. The lowest BCUT2D eigenvalue weighted by Gasteiger charge is -2.22. The van der Waals surface area contributed by atoms with Gasteiger partial charge in [0.25, 0.3) is 0 Å². The number of benzene rings is 3. The van der Waals surface area contributed by atoms with Crippen LogP contribution in [0.4, 0.5) is 5.69 Å². The first-order chi connectivity index (χ1) is 16.4. The van der Waals surface area contributed by atoms with E-state index in [0.29, 0.717) is 5.56 Å². The predicted molar refractivity (Wildman–Crippen MR) is 136 cm³/mol. The first-order valence-electron chi connectivity index (χ1n) is 10.9. The predicted octanol–water partition coefficient (Wildman–Crippen LogP) is 3.35. The lowest BCUT2D eigenvalue weighted by atomic mass is 10.1. The second-order valence-electron chi connectivity index (χ2n) is 8.30. The van der Waals surface area contributed by atoms with E-state index < -0.39 is 32.5 Å². The quantitative estimate of drug-likeness (QED) is 0.454. The highest BCUT2D eigenvalue weighted by Gasteiger charge is 2.27. The van der Waals surface area contributed by atoms with Gasteiger partial charge in [-0.15, -0.1) is 0 Å². The minimum absolute atomic E-state index is 0.00291. The van der Waals surface area contributed by atoms with Gasteiger partial charge in [-0.2, -0.15) is 4.31 Å². The van der Waals surface area contributed by atoms with Gasteiger partial charge < -0.3 is 5.32 Å². The van der Waals surface area contributed by atoms with Gasteiger partial charge >= 0.3 is 0 Å². The molecule has 2 N–H and O–H groups in total. The molecule has 0 aliphatic heterocycles. The maximum atomic E-state index is 13.5. The van der Waals surface area contributed by atoms with Crippen LogP contribution >= 0.6 is 0 Å². The maximum Gasteiger partial charge on any atom is 0.243 e. The lowest BCUT2D eigenvalue weighted by Crippen LogP contribution is -2.37. The fourth-order valence-corrected chi connectivity index (χ4v) is 5.49. The molecule has 0 aliphatic rings. The van der Waals surface area contributed by atoms with Crippen LogP contribution in [0, 0.1) is 20.8 Å². The third kappa shape index (κ3) is 6.55. The molecule has 0 unspecified atom stereocenters. The molecule has 0 atom stereocenters. The number of hydrogen-bond donors (Lipinski definition) is 2. The van der Waals surface area contributed by atoms with E-state index in [1.807, 2.05) is 38.1 Å². The van der Waals surface area contributed by atoms with Crippen molar-refractivity contribution in [3.05, 3.63) is 89.0 Å². The zero-order valence-corrected chi connectivity index (χ0v) is 21.7. The normalized spacial score (nSPS) is 12.0. The largest absolute Gasteiger partial charge is 0.325 e. The Kier molecular flexibility index (Phi) is 8.11. The van der Waals surface area contributed by atoms with E-state index in [9.17, 15) is 21.6 Å². The molecule has 0 spiro atoms. The number of aryl methyl sites for hydroxylation is 3. The molecule has 0 heterocycles. The summed E-state index contributed by atoms with van der Waals surface area (Å²) in [6.45, 7) is 5.06. The monoisotopic (exact) mass is 515 g/mol. The summed E-state index contributed by atoms with van der Waals surface area (Å²) in [5.41, 5.74) is 3.61. The second-order valence-corrected chi connectivity index (χ2v) is 12.1. The van der Waals surface area contributed by atoms with Crippen molar-refractivity contribution < 1.29 is 21.6 Å². The average molecular weight is 516 g/mol. The molecule has 0 bridgehead atoms. The molecule has 0 radical (unpaired) electrons. The SMILES string of the molecule is CNS(=O)(=O)c1ccc(C)c(NC(=O)CN(Cc2ccc(C)cc2)S(=O)(=O)c2ccc(C)cc2)c1. The summed E-state index contributed by atoms with van der Waals surface area (Å²) < 4.78 is 54.6. The number of hydrogen-bond acceptors (Lipinski definition) is 5. The lowest BCUT2D eigenvalue weighted by molar-refractivity contribution is -0.116. The highest BCUT2D eigenvalue weighted by molar-refractivity contribution is 7.89. The van der Waals surface area contributed by atoms with Gasteiger partial charge in [-0.1, -0.05) is 53.6 Å². The Morgan fingerprint density at radius 3 is 1.91 bits per heavy atom. The van der Waals surface area contributed by atoms with Crippen molar-refractivity contribution in [2.75, 3.05) is 18.9 Å². The van der Waals surface area contributed by atoms with Crippen molar-refractivity contribution in [2.24, 2.45) is 0 Å². The van der Waals surface area contributed by atoms with E-state index in [-0.39, 0.29) is 22.0 Å². The molecule has 0 aliphatic carbocycles. The molecule has 3 rings (SSSR count). The molecule has 0 saturated heterocycles. The van der Waals surface area contributed by atoms with Gasteiger partial charge in [0.15, 0.2) is 0 Å². The molecule has 3 aromatic carbocycles. The number of carbonyl (C=O) groups is 1. The second kappa shape index (κ2) is 10.7. The molecular formula is C25H29N3O5S2. The Morgan fingerprint density at radius 1 is 0.800 bits per heavy atom. The Labute approximate surface area is 207 Å². The van der Waals surface area contributed by atoms with E-state index in [4.69, 9.17) is 0 Å². The van der Waals surface area contributed by atoms with Crippen LogP contribution in [0.1, 0.15) is 22.3 Å². The van der Waals surface area contributed by atoms with Crippen molar-refractivity contribution in [3.8, 4) is 0 Å². The van der Waals surface area contributed by atoms with Crippen LogP contribution in [0.2, 0.25) is 0 Å². The number of nitrogens with zero attached hydrogens (tertiary/aromatic N) is 1. The van der Waals surface area contributed by atoms with Crippen LogP contribution in [0.25, 0.3) is 0 Å². The summed E-state index contributed by atoms with van der Waals surface area (Å²) in [6.07, 6.45) is 0. The van der Waals surface area contributed by atoms with Gasteiger partial charge in [-0.25, -0.2) is 21.6 Å². The smallest absolute Gasteiger partial charge is 0.243 e. The van der Waals surface area contributed by atoms with Crippen LogP contribution in [-0.4, -0.2) is 40.6 Å². The molecule has 186 valence electrons. The van der Waals surface area contributed by atoms with E-state index in [2.05, 4.69) is 10.0 Å². The van der Waals surface area contributed by atoms with Crippen molar-refractivity contribution in [3.63, 3.8) is 0 Å². The summed E-state index contributed by atoms with van der Waals surface area (Å²) in [4.78, 5) is 13.1. The van der Waals surface area contributed by atoms with Crippen LogP contribution in [0.3, 0.4) is 0 Å². The third-order valence-electron chi connectivity index (χ3n) is 5.52. The van der Waals surface area contributed by atoms with Crippen molar-refractivity contribution in [1.82, 2.24) is 9.03 Å². The van der Waals surface area contributed by atoms with Crippen LogP contribution in [0.5, 0.6) is 0 Å². The number of sulfonamides is 2. The first kappa shape index (κ1) is 26.6. The molecule has 8 nitrogen and oxygen atoms in total. The average Bonchev–Trinajstić information content (AvgIpc) is 2.81. The Bertz CT molecular complexity index is 1420. The number of anilines is 1. The summed E-state index contributed by atoms with van der Waals surface area (Å²) in [5, 5.41) is 2.67.